The van der Waals surface area contributed by atoms with Gasteiger partial charge in [0.05, 0.1) is 16.5 Å². The maximum atomic E-state index is 12.6. The van der Waals surface area contributed by atoms with Gasteiger partial charge in [-0.2, -0.15) is 8.78 Å². The zero-order valence-electron chi connectivity index (χ0n) is 16.9. The molecule has 0 unspecified atom stereocenters. The topological polar surface area (TPSA) is 89.5 Å². The van der Waals surface area contributed by atoms with Crippen molar-refractivity contribution in [3.63, 3.8) is 0 Å². The van der Waals surface area contributed by atoms with Crippen LogP contribution in [-0.2, 0) is 32.2 Å². The van der Waals surface area contributed by atoms with E-state index in [1.165, 1.54) is 17.5 Å². The Hall–Kier alpha value is -2.81. The summed E-state index contributed by atoms with van der Waals surface area (Å²) in [4.78, 5) is 23.6. The predicted octanol–water partition coefficient (Wildman–Crippen LogP) is 3.60. The summed E-state index contributed by atoms with van der Waals surface area (Å²) in [5.41, 5.74) is 3.56. The molecule has 0 aliphatic heterocycles. The second-order valence-corrected chi connectivity index (χ2v) is 9.35. The van der Waals surface area contributed by atoms with Crippen LogP contribution in [0.2, 0.25) is 0 Å². The lowest BCUT2D eigenvalue weighted by Crippen LogP contribution is -2.31. The van der Waals surface area contributed by atoms with Crippen molar-refractivity contribution in [3.8, 4) is 0 Å². The van der Waals surface area contributed by atoms with Crippen LogP contribution in [0.4, 0.5) is 8.78 Å². The molecule has 0 radical (unpaired) electrons. The van der Waals surface area contributed by atoms with Crippen molar-refractivity contribution in [1.82, 2.24) is 5.32 Å². The van der Waals surface area contributed by atoms with Gasteiger partial charge in [0.15, 0.2) is 6.61 Å². The first-order valence-electron chi connectivity index (χ1n) is 9.89. The molecule has 166 valence electrons. The summed E-state index contributed by atoms with van der Waals surface area (Å²) in [5, 5.41) is 2.77. The van der Waals surface area contributed by atoms with Crippen molar-refractivity contribution in [3.05, 3.63) is 64.7 Å². The van der Waals surface area contributed by atoms with Crippen molar-refractivity contribution in [2.75, 3.05) is 6.61 Å². The minimum absolute atomic E-state index is 0.0521. The first-order valence-corrected chi connectivity index (χ1v) is 11.4. The van der Waals surface area contributed by atoms with Gasteiger partial charge in [-0.15, -0.1) is 0 Å². The van der Waals surface area contributed by atoms with Crippen molar-refractivity contribution in [2.45, 2.75) is 49.3 Å². The Labute approximate surface area is 179 Å². The lowest BCUT2D eigenvalue weighted by molar-refractivity contribution is -0.124. The lowest BCUT2D eigenvalue weighted by atomic mass is 9.89. The van der Waals surface area contributed by atoms with E-state index in [0.29, 0.717) is 0 Å². The van der Waals surface area contributed by atoms with Gasteiger partial charge in [-0.1, -0.05) is 18.2 Å². The summed E-state index contributed by atoms with van der Waals surface area (Å²) in [7, 11) is -4.74. The molecule has 0 heterocycles. The van der Waals surface area contributed by atoms with Gasteiger partial charge in [-0.25, -0.2) is 13.2 Å². The molecule has 0 spiro atoms. The number of sulfone groups is 1. The van der Waals surface area contributed by atoms with Gasteiger partial charge in [0.25, 0.3) is 5.91 Å². The van der Waals surface area contributed by atoms with Gasteiger partial charge in [0.1, 0.15) is 0 Å². The number of ether oxygens (including phenoxy) is 1. The van der Waals surface area contributed by atoms with E-state index < -0.39 is 39.0 Å². The van der Waals surface area contributed by atoms with Gasteiger partial charge >= 0.3 is 11.7 Å². The highest BCUT2D eigenvalue weighted by atomic mass is 32.2. The SMILES string of the molecule is C[C@@H](NC(=O)COC(=O)c1ccc(S(=O)(=O)C(F)F)cc1)c1ccc2c(c1)CCCC2. The monoisotopic (exact) mass is 451 g/mol. The van der Waals surface area contributed by atoms with E-state index >= 15 is 0 Å². The third-order valence-electron chi connectivity index (χ3n) is 5.24. The number of aryl methyl sites for hydroxylation is 2. The minimum atomic E-state index is -4.74. The number of esters is 1. The second-order valence-electron chi connectivity index (χ2n) is 7.43. The summed E-state index contributed by atoms with van der Waals surface area (Å²) >= 11 is 0. The molecule has 1 aliphatic carbocycles. The van der Waals surface area contributed by atoms with Crippen molar-refractivity contribution in [2.24, 2.45) is 0 Å². The van der Waals surface area contributed by atoms with Crippen LogP contribution in [0.1, 0.15) is 52.9 Å². The van der Waals surface area contributed by atoms with E-state index in [1.807, 2.05) is 13.0 Å². The molecule has 0 aromatic heterocycles. The Morgan fingerprint density at radius 1 is 1.03 bits per heavy atom. The molecule has 1 amide bonds. The molecule has 31 heavy (non-hydrogen) atoms. The molecule has 6 nitrogen and oxygen atoms in total. The minimum Gasteiger partial charge on any atom is -0.452 e. The molecule has 1 atom stereocenters. The Morgan fingerprint density at radius 3 is 2.32 bits per heavy atom. The van der Waals surface area contributed by atoms with Crippen LogP contribution in [0.3, 0.4) is 0 Å². The van der Waals surface area contributed by atoms with E-state index in [4.69, 9.17) is 4.74 Å². The highest BCUT2D eigenvalue weighted by Crippen LogP contribution is 2.25. The highest BCUT2D eigenvalue weighted by Gasteiger charge is 2.26. The quantitative estimate of drug-likeness (QED) is 0.650. The van der Waals surface area contributed by atoms with E-state index in [1.54, 1.807) is 0 Å². The standard InChI is InChI=1S/C22H23F2NO5S/c1-14(17-7-6-15-4-2-3-5-18(15)12-17)25-20(26)13-30-21(27)16-8-10-19(11-9-16)31(28,29)22(23)24/h6-12,14,22H,2-5,13H2,1H3,(H,25,26)/t14-/m1/s1. The van der Waals surface area contributed by atoms with Crippen LogP contribution >= 0.6 is 0 Å². The molecule has 1 aliphatic rings. The van der Waals surface area contributed by atoms with Gasteiger partial charge in [-0.05, 0) is 73.6 Å². The number of benzene rings is 2. The number of carbonyl (C=O) groups is 2. The van der Waals surface area contributed by atoms with Gasteiger partial charge in [0.2, 0.25) is 9.84 Å². The predicted molar refractivity (Wildman–Crippen MR) is 110 cm³/mol. The zero-order chi connectivity index (χ0) is 22.6. The Balaban J connectivity index is 1.54. The van der Waals surface area contributed by atoms with Crippen LogP contribution in [-0.4, -0.2) is 32.7 Å². The Morgan fingerprint density at radius 2 is 1.68 bits per heavy atom. The first-order chi connectivity index (χ1) is 14.7. The van der Waals surface area contributed by atoms with Gasteiger partial charge in [0, 0.05) is 0 Å². The van der Waals surface area contributed by atoms with E-state index in [2.05, 4.69) is 17.4 Å². The molecule has 0 fully saturated rings. The molecule has 1 N–H and O–H groups in total. The number of fused-ring (bicyclic) bond motifs is 1. The fourth-order valence-corrected chi connectivity index (χ4v) is 4.21. The average Bonchev–Trinajstić information content (AvgIpc) is 2.77. The van der Waals surface area contributed by atoms with E-state index in [0.717, 1.165) is 49.1 Å². The zero-order valence-corrected chi connectivity index (χ0v) is 17.8. The number of rotatable bonds is 7. The van der Waals surface area contributed by atoms with Crippen molar-refractivity contribution < 1.29 is 31.5 Å². The Bertz CT molecular complexity index is 1070. The third-order valence-corrected chi connectivity index (χ3v) is 6.64. The van der Waals surface area contributed by atoms with E-state index in [-0.39, 0.29) is 11.6 Å². The van der Waals surface area contributed by atoms with Gasteiger partial charge in [-0.3, -0.25) is 4.79 Å². The molecular weight excluding hydrogens is 428 g/mol. The molecule has 3 rings (SSSR count). The molecular formula is C22H23F2NO5S. The van der Waals surface area contributed by atoms with Crippen molar-refractivity contribution in [1.29, 1.82) is 0 Å². The molecule has 0 saturated heterocycles. The highest BCUT2D eigenvalue weighted by molar-refractivity contribution is 7.91. The average molecular weight is 451 g/mol. The summed E-state index contributed by atoms with van der Waals surface area (Å²) in [5.74, 6) is -4.90. The first kappa shape index (κ1) is 22.9. The van der Waals surface area contributed by atoms with Crippen LogP contribution < -0.4 is 5.32 Å². The maximum absolute atomic E-state index is 12.6. The third kappa shape index (κ3) is 5.46. The number of amides is 1. The fraction of sp³-hybridized carbons (Fsp3) is 0.364. The second kappa shape index (κ2) is 9.55. The molecule has 2 aromatic carbocycles. The summed E-state index contributed by atoms with van der Waals surface area (Å²) in [6.07, 6.45) is 4.44. The number of halogens is 2. The fourth-order valence-electron chi connectivity index (χ4n) is 3.49. The number of hydrogen-bond donors (Lipinski definition) is 1. The number of hydrogen-bond acceptors (Lipinski definition) is 5. The number of alkyl halides is 2. The molecule has 2 aromatic rings. The van der Waals surface area contributed by atoms with Crippen LogP contribution in [0.15, 0.2) is 47.4 Å². The molecule has 9 heteroatoms. The number of carbonyl (C=O) groups excluding carboxylic acids is 2. The molecule has 0 saturated carbocycles. The van der Waals surface area contributed by atoms with E-state index in [9.17, 15) is 26.8 Å². The molecule has 0 bridgehead atoms. The summed E-state index contributed by atoms with van der Waals surface area (Å²) < 4.78 is 52.9. The van der Waals surface area contributed by atoms with Crippen LogP contribution in [0.5, 0.6) is 0 Å². The maximum Gasteiger partial charge on any atom is 0.341 e. The lowest BCUT2D eigenvalue weighted by Gasteiger charge is -2.20. The van der Waals surface area contributed by atoms with Crippen molar-refractivity contribution >= 4 is 21.7 Å². The summed E-state index contributed by atoms with van der Waals surface area (Å²) in [6.45, 7) is 1.32. The largest absolute Gasteiger partial charge is 0.452 e. The smallest absolute Gasteiger partial charge is 0.341 e. The van der Waals surface area contributed by atoms with Crippen LogP contribution in [0, 0.1) is 0 Å². The summed E-state index contributed by atoms with van der Waals surface area (Å²) in [6, 6.07) is 9.82. The van der Waals surface area contributed by atoms with Crippen LogP contribution in [0.25, 0.3) is 0 Å². The normalized spacial score (nSPS) is 14.6. The number of nitrogens with one attached hydrogen (secondary N) is 1. The van der Waals surface area contributed by atoms with Gasteiger partial charge < -0.3 is 10.1 Å². The Kier molecular flexibility index (Phi) is 7.04.